The lowest BCUT2D eigenvalue weighted by molar-refractivity contribution is -0.384. The average molecular weight is 324 g/mol. The fourth-order valence-corrected chi connectivity index (χ4v) is 2.70. The minimum absolute atomic E-state index is 0.0586. The second kappa shape index (κ2) is 6.68. The molecular formula is C13H12N2O4S2. The SMILES string of the molecule is CCCOc1ccc([N+](=O)[O-])cc1/C=C1\SC(=S)NC1=O. The third-order valence-corrected chi connectivity index (χ3v) is 3.76. The smallest absolute Gasteiger partial charge is 0.270 e. The first-order chi connectivity index (χ1) is 10.0. The van der Waals surface area contributed by atoms with E-state index in [1.165, 1.54) is 18.2 Å². The summed E-state index contributed by atoms with van der Waals surface area (Å²) in [6, 6.07) is 4.29. The summed E-state index contributed by atoms with van der Waals surface area (Å²) in [7, 11) is 0. The summed E-state index contributed by atoms with van der Waals surface area (Å²) in [4.78, 5) is 22.4. The molecule has 1 aromatic carbocycles. The number of thioether (sulfide) groups is 1. The molecule has 0 radical (unpaired) electrons. The summed E-state index contributed by atoms with van der Waals surface area (Å²) in [5.41, 5.74) is 0.427. The molecule has 0 bridgehead atoms. The lowest BCUT2D eigenvalue weighted by atomic mass is 10.1. The maximum atomic E-state index is 11.7. The number of nitrogens with one attached hydrogen (secondary N) is 1. The van der Waals surface area contributed by atoms with Crippen LogP contribution in [0, 0.1) is 10.1 Å². The van der Waals surface area contributed by atoms with Gasteiger partial charge in [0, 0.05) is 17.7 Å². The van der Waals surface area contributed by atoms with Crippen molar-refractivity contribution < 1.29 is 14.5 Å². The van der Waals surface area contributed by atoms with Gasteiger partial charge in [0.05, 0.1) is 16.4 Å². The van der Waals surface area contributed by atoms with Crippen LogP contribution in [0.5, 0.6) is 5.75 Å². The molecule has 0 aliphatic carbocycles. The first kappa shape index (κ1) is 15.5. The van der Waals surface area contributed by atoms with Gasteiger partial charge in [0.1, 0.15) is 10.1 Å². The molecule has 1 fully saturated rings. The number of amides is 1. The topological polar surface area (TPSA) is 81.5 Å². The van der Waals surface area contributed by atoms with Crippen molar-refractivity contribution in [2.75, 3.05) is 6.61 Å². The van der Waals surface area contributed by atoms with Gasteiger partial charge in [-0.15, -0.1) is 0 Å². The van der Waals surface area contributed by atoms with E-state index in [4.69, 9.17) is 17.0 Å². The van der Waals surface area contributed by atoms with Crippen LogP contribution in [0.25, 0.3) is 6.08 Å². The van der Waals surface area contributed by atoms with E-state index in [2.05, 4.69) is 5.32 Å². The van der Waals surface area contributed by atoms with Crippen molar-refractivity contribution in [1.82, 2.24) is 5.32 Å². The van der Waals surface area contributed by atoms with Gasteiger partial charge in [0.2, 0.25) is 0 Å². The van der Waals surface area contributed by atoms with Crippen LogP contribution in [0.4, 0.5) is 5.69 Å². The number of nitro benzene ring substituents is 1. The van der Waals surface area contributed by atoms with Crippen LogP contribution in [0.3, 0.4) is 0 Å². The minimum atomic E-state index is -0.488. The predicted molar refractivity (Wildman–Crippen MR) is 85.2 cm³/mol. The quantitative estimate of drug-likeness (QED) is 0.388. The molecule has 0 atom stereocenters. The van der Waals surface area contributed by atoms with Gasteiger partial charge in [-0.2, -0.15) is 0 Å². The Balaban J connectivity index is 2.40. The summed E-state index contributed by atoms with van der Waals surface area (Å²) >= 11 is 6.03. The molecule has 1 saturated heterocycles. The Bertz CT molecular complexity index is 643. The molecule has 0 spiro atoms. The van der Waals surface area contributed by atoms with Crippen molar-refractivity contribution in [2.24, 2.45) is 0 Å². The molecule has 1 N–H and O–H groups in total. The number of thiocarbonyl (C=S) groups is 1. The van der Waals surface area contributed by atoms with Crippen molar-refractivity contribution in [3.8, 4) is 5.75 Å². The van der Waals surface area contributed by atoms with Gasteiger partial charge in [-0.3, -0.25) is 14.9 Å². The van der Waals surface area contributed by atoms with E-state index in [-0.39, 0.29) is 11.6 Å². The standard InChI is InChI=1S/C13H12N2O4S2/c1-2-5-19-10-4-3-9(15(17)18)6-8(10)7-11-12(16)14-13(20)21-11/h3-4,6-7H,2,5H2,1H3,(H,14,16,20)/b11-7-. The fourth-order valence-electron chi connectivity index (χ4n) is 1.67. The molecule has 1 aliphatic rings. The molecule has 6 nitrogen and oxygen atoms in total. The lowest BCUT2D eigenvalue weighted by Gasteiger charge is -2.08. The monoisotopic (exact) mass is 324 g/mol. The summed E-state index contributed by atoms with van der Waals surface area (Å²) in [6.07, 6.45) is 2.36. The maximum Gasteiger partial charge on any atom is 0.270 e. The number of ether oxygens (including phenoxy) is 1. The van der Waals surface area contributed by atoms with Crippen molar-refractivity contribution in [1.29, 1.82) is 0 Å². The highest BCUT2D eigenvalue weighted by Gasteiger charge is 2.23. The van der Waals surface area contributed by atoms with Crippen LogP contribution in [0.15, 0.2) is 23.1 Å². The fraction of sp³-hybridized carbons (Fsp3) is 0.231. The molecule has 1 aliphatic heterocycles. The predicted octanol–water partition coefficient (Wildman–Crippen LogP) is 2.87. The Morgan fingerprint density at radius 2 is 2.29 bits per heavy atom. The highest BCUT2D eigenvalue weighted by atomic mass is 32.2. The minimum Gasteiger partial charge on any atom is -0.493 e. The summed E-state index contributed by atoms with van der Waals surface area (Å²) in [5, 5.41) is 13.4. The van der Waals surface area contributed by atoms with Crippen molar-refractivity contribution in [2.45, 2.75) is 13.3 Å². The van der Waals surface area contributed by atoms with Crippen molar-refractivity contribution >= 4 is 46.0 Å². The van der Waals surface area contributed by atoms with Crippen LogP contribution in [0.2, 0.25) is 0 Å². The molecule has 0 unspecified atom stereocenters. The van der Waals surface area contributed by atoms with E-state index in [1.807, 2.05) is 6.92 Å². The normalized spacial score (nSPS) is 16.1. The van der Waals surface area contributed by atoms with Crippen LogP contribution >= 0.6 is 24.0 Å². The van der Waals surface area contributed by atoms with E-state index in [0.717, 1.165) is 18.2 Å². The van der Waals surface area contributed by atoms with Gasteiger partial charge in [-0.25, -0.2) is 0 Å². The van der Waals surface area contributed by atoms with Crippen LogP contribution in [-0.2, 0) is 4.79 Å². The van der Waals surface area contributed by atoms with Crippen LogP contribution < -0.4 is 10.1 Å². The third-order valence-electron chi connectivity index (χ3n) is 2.59. The highest BCUT2D eigenvalue weighted by molar-refractivity contribution is 8.26. The summed E-state index contributed by atoms with van der Waals surface area (Å²) < 4.78 is 5.92. The Morgan fingerprint density at radius 1 is 1.52 bits per heavy atom. The van der Waals surface area contributed by atoms with Crippen molar-refractivity contribution in [3.63, 3.8) is 0 Å². The number of nitrogens with zero attached hydrogens (tertiary/aromatic N) is 1. The number of benzene rings is 1. The first-order valence-electron chi connectivity index (χ1n) is 6.17. The highest BCUT2D eigenvalue weighted by Crippen LogP contribution is 2.31. The molecule has 8 heteroatoms. The zero-order valence-electron chi connectivity index (χ0n) is 11.1. The summed E-state index contributed by atoms with van der Waals surface area (Å²) in [6.45, 7) is 2.45. The molecule has 1 heterocycles. The number of rotatable bonds is 5. The number of carbonyl (C=O) groups is 1. The van der Waals surface area contributed by atoms with E-state index in [9.17, 15) is 14.9 Å². The Morgan fingerprint density at radius 3 is 2.86 bits per heavy atom. The number of hydrogen-bond donors (Lipinski definition) is 1. The van der Waals surface area contributed by atoms with E-state index in [0.29, 0.717) is 27.1 Å². The van der Waals surface area contributed by atoms with Gasteiger partial charge in [-0.05, 0) is 18.6 Å². The summed E-state index contributed by atoms with van der Waals surface area (Å²) in [5.74, 6) is 0.194. The second-order valence-corrected chi connectivity index (χ2v) is 5.90. The largest absolute Gasteiger partial charge is 0.493 e. The Kier molecular flexibility index (Phi) is 4.92. The zero-order valence-corrected chi connectivity index (χ0v) is 12.8. The second-order valence-electron chi connectivity index (χ2n) is 4.18. The van der Waals surface area contributed by atoms with E-state index < -0.39 is 4.92 Å². The molecule has 1 aromatic rings. The lowest BCUT2D eigenvalue weighted by Crippen LogP contribution is -2.17. The van der Waals surface area contributed by atoms with E-state index in [1.54, 1.807) is 6.08 Å². The van der Waals surface area contributed by atoms with Crippen LogP contribution in [0.1, 0.15) is 18.9 Å². The van der Waals surface area contributed by atoms with Gasteiger partial charge in [0.25, 0.3) is 11.6 Å². The van der Waals surface area contributed by atoms with Gasteiger partial charge in [0.15, 0.2) is 0 Å². The average Bonchev–Trinajstić information content (AvgIpc) is 2.75. The molecule has 1 amide bonds. The van der Waals surface area contributed by atoms with Gasteiger partial charge < -0.3 is 10.1 Å². The van der Waals surface area contributed by atoms with E-state index >= 15 is 0 Å². The number of hydrogen-bond acceptors (Lipinski definition) is 6. The molecule has 21 heavy (non-hydrogen) atoms. The first-order valence-corrected chi connectivity index (χ1v) is 7.40. The van der Waals surface area contributed by atoms with Crippen molar-refractivity contribution in [3.05, 3.63) is 38.8 Å². The zero-order chi connectivity index (χ0) is 15.4. The number of carbonyl (C=O) groups excluding carboxylic acids is 1. The molecule has 0 saturated carbocycles. The Hall–Kier alpha value is -1.93. The molecule has 0 aromatic heterocycles. The van der Waals surface area contributed by atoms with Crippen LogP contribution in [-0.4, -0.2) is 21.8 Å². The number of non-ortho nitro benzene ring substituents is 1. The molecular weight excluding hydrogens is 312 g/mol. The number of nitro groups is 1. The third kappa shape index (κ3) is 3.79. The van der Waals surface area contributed by atoms with Gasteiger partial charge in [-0.1, -0.05) is 30.9 Å². The Labute approximate surface area is 130 Å². The maximum absolute atomic E-state index is 11.7. The van der Waals surface area contributed by atoms with Gasteiger partial charge >= 0.3 is 0 Å². The molecule has 110 valence electrons. The molecule has 2 rings (SSSR count).